The summed E-state index contributed by atoms with van der Waals surface area (Å²) < 4.78 is 5.59. The number of benzene rings is 1. The molecule has 0 radical (unpaired) electrons. The van der Waals surface area contributed by atoms with E-state index >= 15 is 0 Å². The lowest BCUT2D eigenvalue weighted by Crippen LogP contribution is -2.42. The zero-order chi connectivity index (χ0) is 24.1. The molecule has 2 aromatic heterocycles. The first-order chi connectivity index (χ1) is 16.5. The van der Waals surface area contributed by atoms with Gasteiger partial charge in [0, 0.05) is 31.4 Å². The van der Waals surface area contributed by atoms with Gasteiger partial charge in [0.1, 0.15) is 24.3 Å². The molecule has 0 unspecified atom stereocenters. The van der Waals surface area contributed by atoms with Gasteiger partial charge in [0.2, 0.25) is 0 Å². The van der Waals surface area contributed by atoms with Crippen LogP contribution in [0, 0.1) is 0 Å². The van der Waals surface area contributed by atoms with Crippen LogP contribution in [0.3, 0.4) is 0 Å². The zero-order valence-electron chi connectivity index (χ0n) is 19.3. The van der Waals surface area contributed by atoms with E-state index in [0.717, 1.165) is 24.2 Å². The van der Waals surface area contributed by atoms with Gasteiger partial charge in [-0.05, 0) is 49.7 Å². The number of nitrogens with one attached hydrogen (secondary N) is 1. The molecule has 178 valence electrons. The van der Waals surface area contributed by atoms with E-state index in [1.165, 1.54) is 0 Å². The molecule has 9 heteroatoms. The molecule has 9 nitrogen and oxygen atoms in total. The molecule has 0 spiro atoms. The molecular weight excluding hydrogens is 434 g/mol. The van der Waals surface area contributed by atoms with E-state index in [4.69, 9.17) is 14.8 Å². The van der Waals surface area contributed by atoms with Crippen LogP contribution in [0.1, 0.15) is 13.3 Å². The van der Waals surface area contributed by atoms with E-state index in [9.17, 15) is 9.90 Å². The van der Waals surface area contributed by atoms with Gasteiger partial charge < -0.3 is 19.8 Å². The van der Waals surface area contributed by atoms with Crippen LogP contribution in [0.4, 0.5) is 22.1 Å². The maximum atomic E-state index is 13.3. The summed E-state index contributed by atoms with van der Waals surface area (Å²) >= 11 is 0. The quantitative estimate of drug-likeness (QED) is 0.515. The van der Waals surface area contributed by atoms with Crippen LogP contribution in [0.2, 0.25) is 0 Å². The maximum absolute atomic E-state index is 13.3. The summed E-state index contributed by atoms with van der Waals surface area (Å²) in [5, 5.41) is 21.4. The molecule has 4 rings (SSSR count). The van der Waals surface area contributed by atoms with Gasteiger partial charge in [0.05, 0.1) is 18.0 Å². The Labute approximate surface area is 198 Å². The molecule has 3 aromatic rings. The van der Waals surface area contributed by atoms with Crippen molar-refractivity contribution < 1.29 is 19.7 Å². The van der Waals surface area contributed by atoms with E-state index in [0.29, 0.717) is 23.1 Å². The number of nitrogens with zero attached hydrogens (tertiary/aromatic N) is 4. The van der Waals surface area contributed by atoms with E-state index in [1.807, 2.05) is 50.4 Å². The lowest BCUT2D eigenvalue weighted by Gasteiger charge is -2.28. The SMILES string of the molecule is C[C@@H]1CCN(C)c2ccc(-c3cccc(OC[C@@H](O)CO)c3)nc2N1C(=O)Nc1ccccn1. The number of ether oxygens (including phenoxy) is 1. The summed E-state index contributed by atoms with van der Waals surface area (Å²) in [7, 11) is 1.99. The summed E-state index contributed by atoms with van der Waals surface area (Å²) in [6, 6.07) is 16.2. The molecule has 0 saturated carbocycles. The Morgan fingerprint density at radius 1 is 1.24 bits per heavy atom. The first-order valence-electron chi connectivity index (χ1n) is 11.2. The van der Waals surface area contributed by atoms with Gasteiger partial charge in [0.25, 0.3) is 0 Å². The number of urea groups is 1. The van der Waals surface area contributed by atoms with Crippen molar-refractivity contribution in [2.24, 2.45) is 0 Å². The molecular formula is C25H29N5O4. The number of pyridine rings is 2. The van der Waals surface area contributed by atoms with Crippen LogP contribution >= 0.6 is 0 Å². The third kappa shape index (κ3) is 5.27. The summed E-state index contributed by atoms with van der Waals surface area (Å²) in [4.78, 5) is 26.2. The average molecular weight is 464 g/mol. The number of rotatable bonds is 6. The molecule has 1 aliphatic rings. The Bertz CT molecular complexity index is 1130. The Kier molecular flexibility index (Phi) is 7.24. The number of aliphatic hydroxyl groups excluding tert-OH is 2. The molecule has 2 atom stereocenters. The fourth-order valence-corrected chi connectivity index (χ4v) is 3.81. The highest BCUT2D eigenvalue weighted by Gasteiger charge is 2.30. The van der Waals surface area contributed by atoms with Crippen molar-refractivity contribution in [3.63, 3.8) is 0 Å². The van der Waals surface area contributed by atoms with E-state index in [-0.39, 0.29) is 25.3 Å². The topological polar surface area (TPSA) is 111 Å². The Morgan fingerprint density at radius 2 is 2.09 bits per heavy atom. The van der Waals surface area contributed by atoms with Crippen molar-refractivity contribution >= 4 is 23.4 Å². The van der Waals surface area contributed by atoms with Crippen LogP contribution in [-0.4, -0.2) is 65.2 Å². The van der Waals surface area contributed by atoms with Crippen molar-refractivity contribution in [3.8, 4) is 17.0 Å². The van der Waals surface area contributed by atoms with Crippen LogP contribution in [-0.2, 0) is 0 Å². The van der Waals surface area contributed by atoms with Crippen LogP contribution in [0.15, 0.2) is 60.8 Å². The number of amides is 2. The largest absolute Gasteiger partial charge is 0.491 e. The van der Waals surface area contributed by atoms with Crippen molar-refractivity contribution in [2.45, 2.75) is 25.5 Å². The van der Waals surface area contributed by atoms with Gasteiger partial charge in [-0.3, -0.25) is 10.2 Å². The number of fused-ring (bicyclic) bond motifs is 1. The number of aliphatic hydroxyl groups is 2. The van der Waals surface area contributed by atoms with Gasteiger partial charge in [0.15, 0.2) is 5.82 Å². The van der Waals surface area contributed by atoms with Crippen molar-refractivity contribution in [1.82, 2.24) is 9.97 Å². The van der Waals surface area contributed by atoms with Crippen LogP contribution in [0.25, 0.3) is 11.3 Å². The smallest absolute Gasteiger partial charge is 0.328 e. The first-order valence-corrected chi connectivity index (χ1v) is 11.2. The van der Waals surface area contributed by atoms with E-state index in [1.54, 1.807) is 29.3 Å². The Morgan fingerprint density at radius 3 is 2.85 bits per heavy atom. The van der Waals surface area contributed by atoms with Gasteiger partial charge in [-0.2, -0.15) is 0 Å². The van der Waals surface area contributed by atoms with Crippen molar-refractivity contribution in [1.29, 1.82) is 0 Å². The monoisotopic (exact) mass is 463 g/mol. The number of hydrogen-bond acceptors (Lipinski definition) is 7. The summed E-state index contributed by atoms with van der Waals surface area (Å²) in [6.45, 7) is 2.42. The fraction of sp³-hybridized carbons (Fsp3) is 0.320. The molecule has 0 bridgehead atoms. The van der Waals surface area contributed by atoms with Crippen LogP contribution < -0.4 is 19.9 Å². The highest BCUT2D eigenvalue weighted by molar-refractivity contribution is 6.03. The average Bonchev–Trinajstić information content (AvgIpc) is 2.98. The third-order valence-electron chi connectivity index (χ3n) is 5.72. The minimum Gasteiger partial charge on any atom is -0.491 e. The molecule has 0 fully saturated rings. The number of carbonyl (C=O) groups is 1. The van der Waals surface area contributed by atoms with Gasteiger partial charge in [-0.15, -0.1) is 0 Å². The molecule has 34 heavy (non-hydrogen) atoms. The van der Waals surface area contributed by atoms with Crippen LogP contribution in [0.5, 0.6) is 5.75 Å². The summed E-state index contributed by atoms with van der Waals surface area (Å²) in [5.74, 6) is 1.60. The predicted molar refractivity (Wildman–Crippen MR) is 131 cm³/mol. The second-order valence-corrected chi connectivity index (χ2v) is 8.29. The Balaban J connectivity index is 1.67. The number of carbonyl (C=O) groups excluding carboxylic acids is 1. The van der Waals surface area contributed by atoms with Gasteiger partial charge in [-0.1, -0.05) is 18.2 Å². The minimum absolute atomic E-state index is 0.0125. The molecule has 1 aliphatic heterocycles. The predicted octanol–water partition coefficient (Wildman–Crippen LogP) is 3.14. The van der Waals surface area contributed by atoms with Gasteiger partial charge >= 0.3 is 6.03 Å². The highest BCUT2D eigenvalue weighted by Crippen LogP contribution is 2.35. The second kappa shape index (κ2) is 10.5. The van der Waals surface area contributed by atoms with Crippen molar-refractivity contribution in [2.75, 3.05) is 41.9 Å². The molecule has 2 amide bonds. The third-order valence-corrected chi connectivity index (χ3v) is 5.72. The highest BCUT2D eigenvalue weighted by atomic mass is 16.5. The van der Waals surface area contributed by atoms with E-state index < -0.39 is 6.10 Å². The van der Waals surface area contributed by atoms with Crippen molar-refractivity contribution in [3.05, 3.63) is 60.8 Å². The Hall–Kier alpha value is -3.69. The molecule has 0 saturated heterocycles. The molecule has 0 aliphatic carbocycles. The van der Waals surface area contributed by atoms with E-state index in [2.05, 4.69) is 15.2 Å². The number of hydrogen-bond donors (Lipinski definition) is 3. The normalized spacial score (nSPS) is 16.4. The zero-order valence-corrected chi connectivity index (χ0v) is 19.3. The summed E-state index contributed by atoms with van der Waals surface area (Å²) in [6.07, 6.45) is 1.47. The lowest BCUT2D eigenvalue weighted by atomic mass is 10.1. The number of anilines is 3. The molecule has 3 heterocycles. The second-order valence-electron chi connectivity index (χ2n) is 8.29. The standard InChI is InChI=1S/C25H29N5O4/c1-17-11-13-29(2)22-10-9-21(18-6-5-7-20(14-18)34-16-19(32)15-31)27-24(22)30(17)25(33)28-23-8-3-4-12-26-23/h3-10,12,14,17,19,31-32H,11,13,15-16H2,1-2H3,(H,26,28,33)/t17-,19+/m1/s1. The summed E-state index contributed by atoms with van der Waals surface area (Å²) in [5.41, 5.74) is 2.36. The number of aromatic nitrogens is 2. The molecule has 3 N–H and O–H groups in total. The first kappa shape index (κ1) is 23.5. The van der Waals surface area contributed by atoms with Gasteiger partial charge in [-0.25, -0.2) is 14.8 Å². The minimum atomic E-state index is -0.947. The fourth-order valence-electron chi connectivity index (χ4n) is 3.81. The lowest BCUT2D eigenvalue weighted by molar-refractivity contribution is 0.0536. The maximum Gasteiger partial charge on any atom is 0.328 e. The molecule has 1 aromatic carbocycles.